The Bertz CT molecular complexity index is 1920. The molecule has 3 aliphatic rings. The van der Waals surface area contributed by atoms with E-state index >= 15 is 0 Å². The normalized spacial score (nSPS) is 20.5. The third-order valence-electron chi connectivity index (χ3n) is 5.16. The molecular formula is C16H4O13S3. The second-order valence-electron chi connectivity index (χ2n) is 6.93. The lowest BCUT2D eigenvalue weighted by atomic mass is 9.91. The van der Waals surface area contributed by atoms with Crippen LogP contribution in [0.4, 0.5) is 0 Å². The molecule has 0 fully saturated rings. The van der Waals surface area contributed by atoms with Gasteiger partial charge in [0.25, 0.3) is 0 Å². The van der Waals surface area contributed by atoms with Gasteiger partial charge in [0.05, 0.1) is 10.8 Å². The highest BCUT2D eigenvalue weighted by atomic mass is 32.3. The zero-order chi connectivity index (χ0) is 22.4. The van der Waals surface area contributed by atoms with E-state index in [2.05, 4.69) is 0 Å². The molecule has 0 unspecified atom stereocenters. The van der Waals surface area contributed by atoms with Gasteiger partial charge in [-0.25, -0.2) is 0 Å². The second-order valence-corrected chi connectivity index (χ2v) is 10.4. The standard InChI is InChI=1S/C16H4O13S3/c17-11-5-2-1-4-3-6-12(25-30(18,19)24-6)9-7(4)8(5)10(14-13(9)26-31(20,21)27-14)15-16(11)29-32(22,23)28-15/h1-3,17H. The van der Waals surface area contributed by atoms with Crippen molar-refractivity contribution in [2.75, 3.05) is 0 Å². The zero-order valence-corrected chi connectivity index (χ0v) is 17.3. The van der Waals surface area contributed by atoms with Crippen molar-refractivity contribution in [3.05, 3.63) is 18.2 Å². The Hall–Kier alpha value is -3.63. The Kier molecular flexibility index (Phi) is 2.75. The van der Waals surface area contributed by atoms with Crippen LogP contribution in [0.15, 0.2) is 18.2 Å². The molecule has 7 rings (SSSR count). The van der Waals surface area contributed by atoms with Crippen molar-refractivity contribution in [2.45, 2.75) is 0 Å². The van der Waals surface area contributed by atoms with Crippen molar-refractivity contribution < 1.29 is 55.5 Å². The van der Waals surface area contributed by atoms with Gasteiger partial charge in [-0.3, -0.25) is 0 Å². The lowest BCUT2D eigenvalue weighted by molar-refractivity contribution is 0.421. The van der Waals surface area contributed by atoms with Gasteiger partial charge in [-0.15, -0.1) is 25.3 Å². The molecule has 4 aromatic carbocycles. The molecule has 0 spiro atoms. The first-order chi connectivity index (χ1) is 14.9. The Morgan fingerprint density at radius 3 is 1.72 bits per heavy atom. The summed E-state index contributed by atoms with van der Waals surface area (Å²) in [5.74, 6) is -3.29. The number of rotatable bonds is 0. The van der Waals surface area contributed by atoms with E-state index in [1.807, 2.05) is 0 Å². The van der Waals surface area contributed by atoms with Gasteiger partial charge in [0.15, 0.2) is 11.5 Å². The molecule has 0 atom stereocenters. The molecule has 0 amide bonds. The molecule has 1 N–H and O–H groups in total. The average molecular weight is 500 g/mol. The van der Waals surface area contributed by atoms with Crippen LogP contribution in [-0.2, 0) is 31.2 Å². The molecule has 0 bridgehead atoms. The van der Waals surface area contributed by atoms with E-state index in [0.717, 1.165) is 0 Å². The van der Waals surface area contributed by atoms with Gasteiger partial charge in [-0.05, 0) is 17.5 Å². The molecule has 0 saturated heterocycles. The molecular weight excluding hydrogens is 496 g/mol. The van der Waals surface area contributed by atoms with Gasteiger partial charge in [0.2, 0.25) is 28.7 Å². The lowest BCUT2D eigenvalue weighted by Gasteiger charge is -2.15. The van der Waals surface area contributed by atoms with E-state index in [4.69, 9.17) is 25.1 Å². The highest BCUT2D eigenvalue weighted by Gasteiger charge is 2.44. The maximum atomic E-state index is 12.2. The van der Waals surface area contributed by atoms with Crippen molar-refractivity contribution >= 4 is 63.5 Å². The van der Waals surface area contributed by atoms with Gasteiger partial charge in [-0.2, -0.15) is 0 Å². The fourth-order valence-electron chi connectivity index (χ4n) is 4.16. The summed E-state index contributed by atoms with van der Waals surface area (Å²) in [6, 6.07) is 4.17. The van der Waals surface area contributed by atoms with Gasteiger partial charge >= 0.3 is 31.2 Å². The van der Waals surface area contributed by atoms with Crippen LogP contribution in [0.5, 0.6) is 40.2 Å². The highest BCUT2D eigenvalue weighted by molar-refractivity contribution is 7.83. The zero-order valence-electron chi connectivity index (χ0n) is 14.8. The Balaban J connectivity index is 1.81. The predicted molar refractivity (Wildman–Crippen MR) is 102 cm³/mol. The summed E-state index contributed by atoms with van der Waals surface area (Å²) in [4.78, 5) is 0. The van der Waals surface area contributed by atoms with Crippen molar-refractivity contribution in [1.82, 2.24) is 0 Å². The largest absolute Gasteiger partial charge is 0.504 e. The quantitative estimate of drug-likeness (QED) is 0.342. The van der Waals surface area contributed by atoms with E-state index in [9.17, 15) is 30.4 Å². The Morgan fingerprint density at radius 2 is 1.06 bits per heavy atom. The molecule has 3 heterocycles. The van der Waals surface area contributed by atoms with Crippen LogP contribution in [0.3, 0.4) is 0 Å². The van der Waals surface area contributed by atoms with Crippen molar-refractivity contribution in [1.29, 1.82) is 0 Å². The Morgan fingerprint density at radius 1 is 0.562 bits per heavy atom. The number of hydrogen-bond acceptors (Lipinski definition) is 13. The predicted octanol–water partition coefficient (Wildman–Crippen LogP) is 1.34. The first-order valence-electron chi connectivity index (χ1n) is 8.44. The maximum Gasteiger partial charge on any atom is 0.501 e. The smallest absolute Gasteiger partial charge is 0.501 e. The summed E-state index contributed by atoms with van der Waals surface area (Å²) in [7, 11) is -13.8. The SMILES string of the molecule is O=S1(=O)Oc2cc3ccc4c(O)c5c(c6c7c(c(c2O1)c3c46)OS(=O)(=O)O7)OS(=O)(=O)O5. The number of hydrogen-bond donors (Lipinski definition) is 1. The third kappa shape index (κ3) is 2.03. The fourth-order valence-corrected chi connectivity index (χ4v) is 6.42. The van der Waals surface area contributed by atoms with Gasteiger partial charge in [0, 0.05) is 16.2 Å². The van der Waals surface area contributed by atoms with E-state index in [1.54, 1.807) is 0 Å². The van der Waals surface area contributed by atoms with Crippen LogP contribution in [-0.4, -0.2) is 30.4 Å². The summed E-state index contributed by atoms with van der Waals surface area (Å²) in [5, 5.41) is 11.0. The minimum Gasteiger partial charge on any atom is -0.504 e. The molecule has 0 radical (unpaired) electrons. The molecule has 32 heavy (non-hydrogen) atoms. The highest BCUT2D eigenvalue weighted by Crippen LogP contribution is 2.63. The summed E-state index contributed by atoms with van der Waals surface area (Å²) >= 11 is 0. The summed E-state index contributed by atoms with van der Waals surface area (Å²) in [6.45, 7) is 0. The second kappa shape index (κ2) is 4.89. The third-order valence-corrected chi connectivity index (χ3v) is 7.40. The molecule has 0 saturated carbocycles. The maximum absolute atomic E-state index is 12.2. The van der Waals surface area contributed by atoms with Crippen molar-refractivity contribution in [2.24, 2.45) is 0 Å². The van der Waals surface area contributed by atoms with E-state index in [1.165, 1.54) is 18.2 Å². The number of phenols is 1. The topological polar surface area (TPSA) is 178 Å². The average Bonchev–Trinajstić information content (AvgIpc) is 3.28. The van der Waals surface area contributed by atoms with E-state index in [-0.39, 0.29) is 38.4 Å². The van der Waals surface area contributed by atoms with Crippen LogP contribution in [0.1, 0.15) is 0 Å². The lowest BCUT2D eigenvalue weighted by Crippen LogP contribution is -2.08. The molecule has 16 heteroatoms. The van der Waals surface area contributed by atoms with Crippen LogP contribution in [0.25, 0.3) is 32.3 Å². The minimum atomic E-state index is -4.67. The molecule has 0 aromatic heterocycles. The summed E-state index contributed by atoms with van der Waals surface area (Å²) < 4.78 is 101. The molecule has 3 aliphatic heterocycles. The molecule has 13 nitrogen and oxygen atoms in total. The van der Waals surface area contributed by atoms with Crippen LogP contribution >= 0.6 is 0 Å². The van der Waals surface area contributed by atoms with E-state index in [0.29, 0.717) is 5.39 Å². The first-order valence-corrected chi connectivity index (χ1v) is 12.4. The van der Waals surface area contributed by atoms with Gasteiger partial charge in [0.1, 0.15) is 0 Å². The van der Waals surface area contributed by atoms with E-state index < -0.39 is 59.9 Å². The molecule has 164 valence electrons. The first kappa shape index (κ1) is 18.0. The Labute approximate surface area is 177 Å². The summed E-state index contributed by atoms with van der Waals surface area (Å²) in [5.41, 5.74) is 0. The molecule has 0 aliphatic carbocycles. The van der Waals surface area contributed by atoms with Crippen LogP contribution in [0, 0.1) is 0 Å². The number of benzene rings is 4. The number of fused-ring (bicyclic) bond motifs is 7. The number of phenolic OH excluding ortho intramolecular Hbond substituents is 1. The van der Waals surface area contributed by atoms with Crippen LogP contribution < -0.4 is 25.1 Å². The fraction of sp³-hybridized carbons (Fsp3) is 0. The molecule has 4 aromatic rings. The van der Waals surface area contributed by atoms with Gasteiger partial charge < -0.3 is 30.2 Å². The van der Waals surface area contributed by atoms with Crippen molar-refractivity contribution in [3.8, 4) is 40.2 Å². The number of aromatic hydroxyl groups is 1. The van der Waals surface area contributed by atoms with Crippen LogP contribution in [0.2, 0.25) is 0 Å². The summed E-state index contributed by atoms with van der Waals surface area (Å²) in [6.07, 6.45) is 0. The van der Waals surface area contributed by atoms with Gasteiger partial charge in [-0.1, -0.05) is 6.07 Å². The minimum absolute atomic E-state index is 0.0365. The monoisotopic (exact) mass is 500 g/mol. The van der Waals surface area contributed by atoms with Crippen molar-refractivity contribution in [3.63, 3.8) is 0 Å².